The molecule has 1 aliphatic heterocycles. The number of nitro groups is 1. The van der Waals surface area contributed by atoms with E-state index in [1.807, 2.05) is 30.3 Å². The van der Waals surface area contributed by atoms with Gasteiger partial charge < -0.3 is 9.15 Å². The number of non-ortho nitro benzene ring substituents is 1. The van der Waals surface area contributed by atoms with Crippen molar-refractivity contribution in [2.45, 2.75) is 13.0 Å². The van der Waals surface area contributed by atoms with Gasteiger partial charge in [0.25, 0.3) is 11.2 Å². The molecule has 0 bridgehead atoms. The van der Waals surface area contributed by atoms with Crippen molar-refractivity contribution in [1.82, 2.24) is 4.57 Å². The topological polar surface area (TPSA) is 117 Å². The molecule has 0 radical (unpaired) electrons. The quantitative estimate of drug-likeness (QED) is 0.144. The highest BCUT2D eigenvalue weighted by Crippen LogP contribution is 2.35. The van der Waals surface area contributed by atoms with Crippen LogP contribution in [0.4, 0.5) is 10.1 Å². The number of esters is 1. The Hall–Kier alpha value is -5.42. The van der Waals surface area contributed by atoms with Crippen LogP contribution in [0.1, 0.15) is 29.9 Å². The Bertz CT molecular complexity index is 2060. The summed E-state index contributed by atoms with van der Waals surface area (Å²) in [5.74, 6) is -0.242. The minimum Gasteiger partial charge on any atom is -0.463 e. The second-order valence-electron chi connectivity index (χ2n) is 9.49. The molecule has 6 rings (SSSR count). The third-order valence-corrected chi connectivity index (χ3v) is 7.81. The summed E-state index contributed by atoms with van der Waals surface area (Å²) in [6, 6.07) is 23.1. The summed E-state index contributed by atoms with van der Waals surface area (Å²) in [5.41, 5.74) is 1.88. The highest BCUT2D eigenvalue weighted by molar-refractivity contribution is 7.07. The fourth-order valence-corrected chi connectivity index (χ4v) is 5.84. The van der Waals surface area contributed by atoms with Gasteiger partial charge in [-0.1, -0.05) is 53.8 Å². The lowest BCUT2D eigenvalue weighted by Crippen LogP contribution is -2.40. The van der Waals surface area contributed by atoms with E-state index >= 15 is 0 Å². The largest absolute Gasteiger partial charge is 0.463 e. The third-order valence-electron chi connectivity index (χ3n) is 6.82. The average Bonchev–Trinajstić information content (AvgIpc) is 3.61. The number of halogens is 1. The molecular formula is C32H22FN3O6S. The van der Waals surface area contributed by atoms with E-state index in [1.54, 1.807) is 37.3 Å². The van der Waals surface area contributed by atoms with E-state index in [0.29, 0.717) is 43.2 Å². The van der Waals surface area contributed by atoms with Gasteiger partial charge >= 0.3 is 5.97 Å². The van der Waals surface area contributed by atoms with Crippen LogP contribution >= 0.6 is 11.3 Å². The number of aromatic nitrogens is 1. The van der Waals surface area contributed by atoms with Crippen LogP contribution in [0, 0.1) is 15.9 Å². The summed E-state index contributed by atoms with van der Waals surface area (Å²) in [6.45, 7) is 1.80. The number of thiazole rings is 1. The molecule has 0 saturated heterocycles. The first-order valence-electron chi connectivity index (χ1n) is 13.2. The molecule has 1 atom stereocenters. The Labute approximate surface area is 247 Å². The molecule has 1 aliphatic rings. The van der Waals surface area contributed by atoms with E-state index in [2.05, 4.69) is 0 Å². The Morgan fingerprint density at radius 1 is 1.05 bits per heavy atom. The average molecular weight is 596 g/mol. The molecule has 0 fully saturated rings. The Kier molecular flexibility index (Phi) is 7.39. The van der Waals surface area contributed by atoms with Gasteiger partial charge in [0.15, 0.2) is 4.80 Å². The molecule has 0 saturated carbocycles. The van der Waals surface area contributed by atoms with Gasteiger partial charge in [-0.15, -0.1) is 0 Å². The van der Waals surface area contributed by atoms with Crippen molar-refractivity contribution in [3.8, 4) is 11.3 Å². The number of fused-ring (bicyclic) bond motifs is 1. The number of hydrogen-bond donors (Lipinski definition) is 0. The Morgan fingerprint density at radius 2 is 1.77 bits per heavy atom. The molecule has 0 spiro atoms. The monoisotopic (exact) mass is 595 g/mol. The first kappa shape index (κ1) is 27.7. The maximum atomic E-state index is 13.9. The normalized spacial score (nSPS) is 14.7. The molecule has 43 heavy (non-hydrogen) atoms. The van der Waals surface area contributed by atoms with Crippen molar-refractivity contribution >= 4 is 34.8 Å². The van der Waals surface area contributed by atoms with Crippen LogP contribution in [0.3, 0.4) is 0 Å². The maximum absolute atomic E-state index is 13.9. The van der Waals surface area contributed by atoms with Gasteiger partial charge in [-0.05, 0) is 48.9 Å². The van der Waals surface area contributed by atoms with Crippen molar-refractivity contribution in [1.29, 1.82) is 0 Å². The Morgan fingerprint density at radius 3 is 2.44 bits per heavy atom. The van der Waals surface area contributed by atoms with Gasteiger partial charge in [0.1, 0.15) is 17.3 Å². The number of furan rings is 1. The van der Waals surface area contributed by atoms with Crippen molar-refractivity contribution < 1.29 is 23.3 Å². The van der Waals surface area contributed by atoms with Crippen molar-refractivity contribution in [3.63, 3.8) is 0 Å². The summed E-state index contributed by atoms with van der Waals surface area (Å²) in [7, 11) is 0. The van der Waals surface area contributed by atoms with E-state index in [-0.39, 0.29) is 17.9 Å². The van der Waals surface area contributed by atoms with Gasteiger partial charge in [0.2, 0.25) is 0 Å². The molecule has 0 N–H and O–H groups in total. The fourth-order valence-electron chi connectivity index (χ4n) is 4.86. The summed E-state index contributed by atoms with van der Waals surface area (Å²) >= 11 is 1.13. The van der Waals surface area contributed by atoms with Crippen LogP contribution in [0.25, 0.3) is 23.1 Å². The minimum absolute atomic E-state index is 0.0376. The molecule has 0 amide bonds. The van der Waals surface area contributed by atoms with Crippen LogP contribution in [-0.4, -0.2) is 22.1 Å². The SMILES string of the molecule is CCOC(=O)C1=C(c2ccccc2)N=c2s/c(=C\c3ccc(-c4ccc([N+](=O)[O-])cc4)o3)c(=O)n2[C@H]1c1ccc(F)cc1. The number of benzene rings is 3. The predicted molar refractivity (Wildman–Crippen MR) is 158 cm³/mol. The zero-order valence-corrected chi connectivity index (χ0v) is 23.4. The smallest absolute Gasteiger partial charge is 0.338 e. The van der Waals surface area contributed by atoms with Gasteiger partial charge in [-0.3, -0.25) is 19.5 Å². The van der Waals surface area contributed by atoms with Crippen LogP contribution in [0.15, 0.2) is 111 Å². The van der Waals surface area contributed by atoms with Crippen LogP contribution in [-0.2, 0) is 9.53 Å². The van der Waals surface area contributed by atoms with Crippen LogP contribution in [0.2, 0.25) is 0 Å². The number of carbonyl (C=O) groups is 1. The fraction of sp³-hybridized carbons (Fsp3) is 0.0938. The number of rotatable bonds is 7. The highest BCUT2D eigenvalue weighted by Gasteiger charge is 2.35. The number of carbonyl (C=O) groups excluding carboxylic acids is 1. The molecule has 11 heteroatoms. The highest BCUT2D eigenvalue weighted by atomic mass is 32.1. The summed E-state index contributed by atoms with van der Waals surface area (Å²) in [4.78, 5) is 43.0. The van der Waals surface area contributed by atoms with E-state index in [9.17, 15) is 24.1 Å². The minimum atomic E-state index is -0.930. The van der Waals surface area contributed by atoms with E-state index in [4.69, 9.17) is 14.1 Å². The molecule has 0 aliphatic carbocycles. The molecular weight excluding hydrogens is 573 g/mol. The van der Waals surface area contributed by atoms with E-state index in [0.717, 1.165) is 11.3 Å². The Balaban J connectivity index is 1.52. The molecule has 0 unspecified atom stereocenters. The van der Waals surface area contributed by atoms with Gasteiger partial charge in [-0.25, -0.2) is 14.2 Å². The van der Waals surface area contributed by atoms with Crippen molar-refractivity contribution in [3.05, 3.63) is 149 Å². The van der Waals surface area contributed by atoms with Crippen molar-refractivity contribution in [2.24, 2.45) is 4.99 Å². The van der Waals surface area contributed by atoms with Crippen molar-refractivity contribution in [2.75, 3.05) is 6.61 Å². The first-order valence-corrected chi connectivity index (χ1v) is 14.0. The lowest BCUT2D eigenvalue weighted by atomic mass is 9.93. The standard InChI is InChI=1S/C32H22FN3O6S/c1-2-41-31(38)27-28(20-6-4-3-5-7-20)34-32-35(29(27)21-8-12-22(33)13-9-21)30(37)26(43-32)18-24-16-17-25(42-24)19-10-14-23(15-11-19)36(39)40/h3-18,29H,2H2,1H3/b26-18-/t29-/m0/s1. The van der Waals surface area contributed by atoms with Crippen LogP contribution < -0.4 is 14.9 Å². The first-order chi connectivity index (χ1) is 20.8. The summed E-state index contributed by atoms with van der Waals surface area (Å²) < 4.78 is 27.0. The second-order valence-corrected chi connectivity index (χ2v) is 10.5. The molecule has 5 aromatic rings. The van der Waals surface area contributed by atoms with Gasteiger partial charge in [0, 0.05) is 29.3 Å². The third kappa shape index (κ3) is 5.33. The van der Waals surface area contributed by atoms with E-state index in [1.165, 1.54) is 41.0 Å². The molecule has 3 heterocycles. The number of nitro benzene ring substituents is 1. The lowest BCUT2D eigenvalue weighted by Gasteiger charge is -2.25. The second kappa shape index (κ2) is 11.5. The molecule has 9 nitrogen and oxygen atoms in total. The zero-order valence-electron chi connectivity index (χ0n) is 22.6. The lowest BCUT2D eigenvalue weighted by molar-refractivity contribution is -0.384. The number of hydrogen-bond acceptors (Lipinski definition) is 8. The van der Waals surface area contributed by atoms with Crippen LogP contribution in [0.5, 0.6) is 0 Å². The number of ether oxygens (including phenoxy) is 1. The zero-order chi connectivity index (χ0) is 30.1. The van der Waals surface area contributed by atoms with Gasteiger partial charge in [-0.2, -0.15) is 0 Å². The molecule has 214 valence electrons. The maximum Gasteiger partial charge on any atom is 0.338 e. The number of nitrogens with zero attached hydrogens (tertiary/aromatic N) is 3. The van der Waals surface area contributed by atoms with E-state index < -0.39 is 28.3 Å². The molecule has 2 aromatic heterocycles. The summed E-state index contributed by atoms with van der Waals surface area (Å²) in [5, 5.41) is 11.0. The summed E-state index contributed by atoms with van der Waals surface area (Å²) in [6.07, 6.45) is 1.58. The predicted octanol–water partition coefficient (Wildman–Crippen LogP) is 5.24. The van der Waals surface area contributed by atoms with Gasteiger partial charge in [0.05, 0.1) is 33.4 Å². The molecule has 3 aromatic carbocycles.